The number of piperazine rings is 1. The lowest BCUT2D eigenvalue weighted by Crippen LogP contribution is -2.53. The van der Waals surface area contributed by atoms with Gasteiger partial charge in [0.1, 0.15) is 0 Å². The molecule has 1 fully saturated rings. The summed E-state index contributed by atoms with van der Waals surface area (Å²) in [5.41, 5.74) is 2.71. The summed E-state index contributed by atoms with van der Waals surface area (Å²) in [7, 11) is 4.20. The van der Waals surface area contributed by atoms with Gasteiger partial charge in [0.25, 0.3) is 0 Å². The zero-order chi connectivity index (χ0) is 16.8. The molecule has 2 rings (SSSR count). The predicted octanol–water partition coefficient (Wildman–Crippen LogP) is 2.43. The highest BCUT2D eigenvalue weighted by atomic mass is 15.3. The summed E-state index contributed by atoms with van der Waals surface area (Å²) < 4.78 is 0. The van der Waals surface area contributed by atoms with E-state index >= 15 is 0 Å². The van der Waals surface area contributed by atoms with Crippen molar-refractivity contribution in [3.05, 3.63) is 29.8 Å². The molecule has 1 aliphatic rings. The van der Waals surface area contributed by atoms with Crippen LogP contribution in [0.2, 0.25) is 0 Å². The Morgan fingerprint density at radius 2 is 1.83 bits per heavy atom. The molecule has 2 unspecified atom stereocenters. The van der Waals surface area contributed by atoms with Gasteiger partial charge >= 0.3 is 0 Å². The van der Waals surface area contributed by atoms with E-state index in [0.717, 1.165) is 39.3 Å². The number of anilines is 1. The fourth-order valence-electron chi connectivity index (χ4n) is 3.44. The molecule has 1 aromatic carbocycles. The molecule has 0 bridgehead atoms. The van der Waals surface area contributed by atoms with Crippen LogP contribution in [0.15, 0.2) is 24.3 Å². The number of likely N-dealkylation sites (N-methyl/N-ethyl adjacent to an activating group) is 1. The highest BCUT2D eigenvalue weighted by molar-refractivity contribution is 5.46. The molecule has 130 valence electrons. The summed E-state index contributed by atoms with van der Waals surface area (Å²) in [6.45, 7) is 13.5. The van der Waals surface area contributed by atoms with Crippen LogP contribution in [-0.4, -0.2) is 69.2 Å². The molecule has 23 heavy (non-hydrogen) atoms. The van der Waals surface area contributed by atoms with Crippen LogP contribution >= 0.6 is 0 Å². The topological polar surface area (TPSA) is 21.8 Å². The Balaban J connectivity index is 2.24. The van der Waals surface area contributed by atoms with E-state index in [0.29, 0.717) is 12.1 Å². The van der Waals surface area contributed by atoms with Crippen molar-refractivity contribution in [1.29, 1.82) is 0 Å². The van der Waals surface area contributed by atoms with Crippen LogP contribution in [-0.2, 0) is 0 Å². The molecule has 0 amide bonds. The van der Waals surface area contributed by atoms with Gasteiger partial charge in [-0.2, -0.15) is 0 Å². The molecule has 1 heterocycles. The SMILES string of the molecule is CCN(CC)CC(c1ccc(N(C)C)cc1)N1CCNCC1C. The van der Waals surface area contributed by atoms with E-state index < -0.39 is 0 Å². The molecule has 0 radical (unpaired) electrons. The van der Waals surface area contributed by atoms with E-state index in [1.54, 1.807) is 0 Å². The first kappa shape index (κ1) is 18.2. The number of nitrogens with zero attached hydrogens (tertiary/aromatic N) is 3. The first-order valence-corrected chi connectivity index (χ1v) is 9.02. The third-order valence-corrected chi connectivity index (χ3v) is 5.07. The predicted molar refractivity (Wildman–Crippen MR) is 100 cm³/mol. The van der Waals surface area contributed by atoms with Crippen molar-refractivity contribution in [3.8, 4) is 0 Å². The number of benzene rings is 1. The lowest BCUT2D eigenvalue weighted by atomic mass is 10.0. The van der Waals surface area contributed by atoms with Gasteiger partial charge in [0.05, 0.1) is 0 Å². The van der Waals surface area contributed by atoms with Gasteiger partial charge in [0.15, 0.2) is 0 Å². The van der Waals surface area contributed by atoms with Crippen LogP contribution in [0, 0.1) is 0 Å². The van der Waals surface area contributed by atoms with Gasteiger partial charge in [-0.15, -0.1) is 0 Å². The van der Waals surface area contributed by atoms with Crippen molar-refractivity contribution in [1.82, 2.24) is 15.1 Å². The Morgan fingerprint density at radius 1 is 1.17 bits per heavy atom. The van der Waals surface area contributed by atoms with E-state index in [1.165, 1.54) is 11.3 Å². The Hall–Kier alpha value is -1.10. The Labute approximate surface area is 142 Å². The molecule has 0 aliphatic carbocycles. The lowest BCUT2D eigenvalue weighted by molar-refractivity contribution is 0.0871. The highest BCUT2D eigenvalue weighted by Crippen LogP contribution is 2.26. The van der Waals surface area contributed by atoms with Crippen molar-refractivity contribution in [2.75, 3.05) is 58.3 Å². The molecule has 1 aliphatic heterocycles. The zero-order valence-corrected chi connectivity index (χ0v) is 15.5. The van der Waals surface area contributed by atoms with Crippen LogP contribution < -0.4 is 10.2 Å². The van der Waals surface area contributed by atoms with Gasteiger partial charge in [-0.3, -0.25) is 4.90 Å². The highest BCUT2D eigenvalue weighted by Gasteiger charge is 2.28. The molecule has 0 spiro atoms. The van der Waals surface area contributed by atoms with Gasteiger partial charge in [0, 0.05) is 58.0 Å². The summed E-state index contributed by atoms with van der Waals surface area (Å²) >= 11 is 0. The van der Waals surface area contributed by atoms with E-state index in [4.69, 9.17) is 0 Å². The van der Waals surface area contributed by atoms with E-state index in [9.17, 15) is 0 Å². The van der Waals surface area contributed by atoms with Crippen molar-refractivity contribution in [2.24, 2.45) is 0 Å². The number of rotatable bonds is 7. The molecule has 1 saturated heterocycles. The molecule has 4 heteroatoms. The van der Waals surface area contributed by atoms with Crippen molar-refractivity contribution in [2.45, 2.75) is 32.9 Å². The zero-order valence-electron chi connectivity index (χ0n) is 15.5. The van der Waals surface area contributed by atoms with Crippen molar-refractivity contribution in [3.63, 3.8) is 0 Å². The molecule has 1 aromatic rings. The van der Waals surface area contributed by atoms with E-state index in [2.05, 4.69) is 79.1 Å². The van der Waals surface area contributed by atoms with Crippen LogP contribution in [0.1, 0.15) is 32.4 Å². The molecule has 2 atom stereocenters. The average Bonchev–Trinajstić information content (AvgIpc) is 2.57. The van der Waals surface area contributed by atoms with Gasteiger partial charge < -0.3 is 15.1 Å². The summed E-state index contributed by atoms with van der Waals surface area (Å²) in [6.07, 6.45) is 0. The summed E-state index contributed by atoms with van der Waals surface area (Å²) in [6, 6.07) is 10.2. The van der Waals surface area contributed by atoms with Gasteiger partial charge in [-0.05, 0) is 37.7 Å². The maximum absolute atomic E-state index is 3.51. The second kappa shape index (κ2) is 8.67. The van der Waals surface area contributed by atoms with Crippen LogP contribution in [0.25, 0.3) is 0 Å². The monoisotopic (exact) mass is 318 g/mol. The smallest absolute Gasteiger partial charge is 0.0479 e. The number of hydrogen-bond acceptors (Lipinski definition) is 4. The molecule has 4 nitrogen and oxygen atoms in total. The minimum absolute atomic E-state index is 0.475. The van der Waals surface area contributed by atoms with Crippen LogP contribution in [0.3, 0.4) is 0 Å². The van der Waals surface area contributed by atoms with Crippen molar-refractivity contribution >= 4 is 5.69 Å². The normalized spacial score (nSPS) is 20.7. The lowest BCUT2D eigenvalue weighted by Gasteiger charge is -2.42. The van der Waals surface area contributed by atoms with Crippen molar-refractivity contribution < 1.29 is 0 Å². The first-order valence-electron chi connectivity index (χ1n) is 9.02. The minimum Gasteiger partial charge on any atom is -0.378 e. The molecule has 1 N–H and O–H groups in total. The summed E-state index contributed by atoms with van der Waals surface area (Å²) in [5, 5.41) is 3.51. The minimum atomic E-state index is 0.475. The fourth-order valence-corrected chi connectivity index (χ4v) is 3.44. The van der Waals surface area contributed by atoms with Crippen LogP contribution in [0.4, 0.5) is 5.69 Å². The maximum Gasteiger partial charge on any atom is 0.0479 e. The first-order chi connectivity index (χ1) is 11.1. The Morgan fingerprint density at radius 3 is 2.35 bits per heavy atom. The van der Waals surface area contributed by atoms with Crippen LogP contribution in [0.5, 0.6) is 0 Å². The third kappa shape index (κ3) is 4.69. The second-order valence-corrected chi connectivity index (χ2v) is 6.78. The third-order valence-electron chi connectivity index (χ3n) is 5.07. The van der Waals surface area contributed by atoms with Gasteiger partial charge in [-0.25, -0.2) is 0 Å². The van der Waals surface area contributed by atoms with Gasteiger partial charge in [-0.1, -0.05) is 26.0 Å². The molecule has 0 aromatic heterocycles. The average molecular weight is 319 g/mol. The Bertz CT molecular complexity index is 453. The molecular formula is C19H34N4. The quantitative estimate of drug-likeness (QED) is 0.833. The largest absolute Gasteiger partial charge is 0.378 e. The number of nitrogens with one attached hydrogen (secondary N) is 1. The summed E-state index contributed by atoms with van der Waals surface area (Å²) in [5.74, 6) is 0. The number of hydrogen-bond donors (Lipinski definition) is 1. The maximum atomic E-state index is 3.51. The standard InChI is InChI=1S/C19H34N4/c1-6-22(7-2)15-19(23-13-12-20-14-16(23)3)17-8-10-18(11-9-17)21(4)5/h8-11,16,19-20H,6-7,12-15H2,1-5H3. The second-order valence-electron chi connectivity index (χ2n) is 6.78. The fraction of sp³-hybridized carbons (Fsp3) is 0.684. The van der Waals surface area contributed by atoms with E-state index in [-0.39, 0.29) is 0 Å². The Kier molecular flexibility index (Phi) is 6.88. The van der Waals surface area contributed by atoms with E-state index in [1.807, 2.05) is 0 Å². The van der Waals surface area contributed by atoms with Gasteiger partial charge in [0.2, 0.25) is 0 Å². The summed E-state index contributed by atoms with van der Waals surface area (Å²) in [4.78, 5) is 7.38. The molecular weight excluding hydrogens is 284 g/mol. The molecule has 0 saturated carbocycles.